The van der Waals surface area contributed by atoms with Crippen molar-refractivity contribution in [1.82, 2.24) is 9.80 Å². The number of nitrogens with zero attached hydrogens (tertiary/aromatic N) is 2. The van der Waals surface area contributed by atoms with Gasteiger partial charge in [0.05, 0.1) is 17.7 Å². The molecule has 5 aliphatic rings. The number of carbonyl (C=O) groups is 1. The molecule has 2 bridgehead atoms. The second-order valence-electron chi connectivity index (χ2n) is 10.7. The first-order valence-corrected chi connectivity index (χ1v) is 12.6. The summed E-state index contributed by atoms with van der Waals surface area (Å²) in [5, 5.41) is 0. The van der Waals surface area contributed by atoms with E-state index in [2.05, 4.69) is 55.1 Å². The Bertz CT molecular complexity index is 1020. The van der Waals surface area contributed by atoms with Crippen molar-refractivity contribution >= 4 is 6.09 Å². The molecule has 174 valence electrons. The van der Waals surface area contributed by atoms with Crippen LogP contribution in [0, 0.1) is 5.92 Å². The minimum atomic E-state index is -0.181. The van der Waals surface area contributed by atoms with Crippen LogP contribution < -0.4 is 4.74 Å². The Morgan fingerprint density at radius 2 is 1.67 bits per heavy atom. The average molecular weight is 447 g/mol. The molecule has 4 aliphatic heterocycles. The highest BCUT2D eigenvalue weighted by Crippen LogP contribution is 2.42. The molecule has 3 saturated heterocycles. The Labute approximate surface area is 196 Å². The van der Waals surface area contributed by atoms with Gasteiger partial charge in [-0.05, 0) is 87.9 Å². The molecule has 4 fully saturated rings. The van der Waals surface area contributed by atoms with E-state index in [1.165, 1.54) is 11.1 Å². The fraction of sp³-hybridized carbons (Fsp3) is 0.536. The molecule has 0 aromatic heterocycles. The second-order valence-corrected chi connectivity index (χ2v) is 10.7. The predicted molar refractivity (Wildman–Crippen MR) is 127 cm³/mol. The zero-order chi connectivity index (χ0) is 22.6. The molecular formula is C28H34N2O3. The zero-order valence-electron chi connectivity index (χ0n) is 19.7. The van der Waals surface area contributed by atoms with Crippen LogP contribution in [0.5, 0.6) is 5.75 Å². The maximum Gasteiger partial charge on any atom is 0.410 e. The van der Waals surface area contributed by atoms with E-state index >= 15 is 0 Å². The molecule has 2 aromatic carbocycles. The van der Waals surface area contributed by atoms with Crippen molar-refractivity contribution in [3.05, 3.63) is 65.2 Å². The van der Waals surface area contributed by atoms with E-state index in [0.717, 1.165) is 56.5 Å². The normalized spacial score (nSPS) is 29.9. The Hall–Kier alpha value is -2.53. The summed E-state index contributed by atoms with van der Waals surface area (Å²) in [5.41, 5.74) is 3.51. The van der Waals surface area contributed by atoms with Gasteiger partial charge in [-0.15, -0.1) is 0 Å². The number of fused-ring (bicyclic) bond motifs is 4. The number of amides is 1. The summed E-state index contributed by atoms with van der Waals surface area (Å²) in [6.07, 6.45) is 5.53. The lowest BCUT2D eigenvalue weighted by atomic mass is 9.74. The summed E-state index contributed by atoms with van der Waals surface area (Å²) in [6.45, 7) is 7.36. The minimum absolute atomic E-state index is 0.0559. The van der Waals surface area contributed by atoms with Crippen molar-refractivity contribution in [1.29, 1.82) is 0 Å². The Morgan fingerprint density at radius 3 is 2.36 bits per heavy atom. The molecule has 1 amide bonds. The smallest absolute Gasteiger partial charge is 0.410 e. The van der Waals surface area contributed by atoms with Gasteiger partial charge >= 0.3 is 6.09 Å². The van der Waals surface area contributed by atoms with Gasteiger partial charge in [-0.2, -0.15) is 0 Å². The monoisotopic (exact) mass is 446 g/mol. The molecule has 1 saturated carbocycles. The molecule has 33 heavy (non-hydrogen) atoms. The van der Waals surface area contributed by atoms with Crippen LogP contribution in [-0.2, 0) is 11.2 Å². The number of benzene rings is 2. The Balaban J connectivity index is 1.29. The van der Waals surface area contributed by atoms with E-state index in [0.29, 0.717) is 18.6 Å². The second kappa shape index (κ2) is 8.05. The first-order chi connectivity index (χ1) is 16.0. The van der Waals surface area contributed by atoms with E-state index in [4.69, 9.17) is 9.47 Å². The van der Waals surface area contributed by atoms with Crippen molar-refractivity contribution in [3.8, 4) is 5.75 Å². The first-order valence-electron chi connectivity index (χ1n) is 12.6. The molecular weight excluding hydrogens is 412 g/mol. The fourth-order valence-corrected chi connectivity index (χ4v) is 6.18. The topological polar surface area (TPSA) is 42.0 Å². The quantitative estimate of drug-likeness (QED) is 0.649. The van der Waals surface area contributed by atoms with Crippen molar-refractivity contribution in [3.63, 3.8) is 0 Å². The molecule has 4 heterocycles. The van der Waals surface area contributed by atoms with Crippen LogP contribution in [0.15, 0.2) is 48.5 Å². The standard InChI is InChI=1S/C28H34N2O3/c1-28(2)26(21-13-16-29(28)17-14-21)33-27(31)30-18-15-19-5-3-4-6-24(19)25(30)20-7-9-22(10-8-20)32-23-11-12-23/h3-10,21,23,25-26H,11-18H2,1-2H3/t25-,26+/m1/s1. The van der Waals surface area contributed by atoms with Gasteiger partial charge in [0.25, 0.3) is 0 Å². The minimum Gasteiger partial charge on any atom is -0.490 e. The maximum absolute atomic E-state index is 13.7. The van der Waals surface area contributed by atoms with Gasteiger partial charge in [-0.25, -0.2) is 4.79 Å². The van der Waals surface area contributed by atoms with Crippen molar-refractivity contribution < 1.29 is 14.3 Å². The zero-order valence-corrected chi connectivity index (χ0v) is 19.7. The van der Waals surface area contributed by atoms with Crippen molar-refractivity contribution in [2.75, 3.05) is 19.6 Å². The Morgan fingerprint density at radius 1 is 0.939 bits per heavy atom. The van der Waals surface area contributed by atoms with Crippen LogP contribution in [0.25, 0.3) is 0 Å². The fourth-order valence-electron chi connectivity index (χ4n) is 6.18. The van der Waals surface area contributed by atoms with Crippen molar-refractivity contribution in [2.45, 2.75) is 69.7 Å². The molecule has 2 atom stereocenters. The highest BCUT2D eigenvalue weighted by atomic mass is 16.6. The molecule has 5 nitrogen and oxygen atoms in total. The Kier molecular flexibility index (Phi) is 5.13. The summed E-state index contributed by atoms with van der Waals surface area (Å²) in [5.74, 6) is 1.37. The highest BCUT2D eigenvalue weighted by Gasteiger charge is 2.50. The number of hydrogen-bond acceptors (Lipinski definition) is 4. The van der Waals surface area contributed by atoms with Gasteiger partial charge in [-0.3, -0.25) is 9.80 Å². The number of carbonyl (C=O) groups excluding carboxylic acids is 1. The first kappa shape index (κ1) is 21.0. The van der Waals surface area contributed by atoms with Crippen LogP contribution in [0.2, 0.25) is 0 Å². The van der Waals surface area contributed by atoms with Crippen LogP contribution >= 0.6 is 0 Å². The largest absolute Gasteiger partial charge is 0.490 e. The van der Waals surface area contributed by atoms with E-state index in [-0.39, 0.29) is 23.8 Å². The molecule has 0 radical (unpaired) electrons. The van der Waals surface area contributed by atoms with Gasteiger partial charge < -0.3 is 9.47 Å². The summed E-state index contributed by atoms with van der Waals surface area (Å²) < 4.78 is 12.3. The molecule has 0 spiro atoms. The highest BCUT2D eigenvalue weighted by molar-refractivity contribution is 5.70. The number of hydrogen-bond donors (Lipinski definition) is 0. The number of rotatable bonds is 4. The predicted octanol–water partition coefficient (Wildman–Crippen LogP) is 5.18. The lowest BCUT2D eigenvalue weighted by molar-refractivity contribution is -0.126. The molecule has 2 aromatic rings. The van der Waals surface area contributed by atoms with Crippen molar-refractivity contribution in [2.24, 2.45) is 5.92 Å². The maximum atomic E-state index is 13.7. The number of piperidine rings is 3. The molecule has 7 rings (SSSR count). The van der Waals surface area contributed by atoms with Gasteiger partial charge in [0.15, 0.2) is 0 Å². The van der Waals surface area contributed by atoms with Crippen LogP contribution in [0.1, 0.15) is 62.3 Å². The SMILES string of the molecule is CC1(C)[C@@H](OC(=O)N2CCc3ccccc3[C@H]2c2ccc(OC3CC3)cc2)C2CCN1CC2. The third-order valence-corrected chi connectivity index (χ3v) is 8.25. The molecule has 1 aliphatic carbocycles. The van der Waals surface area contributed by atoms with Crippen LogP contribution in [0.3, 0.4) is 0 Å². The van der Waals surface area contributed by atoms with E-state index < -0.39 is 0 Å². The average Bonchev–Trinajstić information content (AvgIpc) is 3.65. The molecule has 5 heteroatoms. The van der Waals surface area contributed by atoms with Gasteiger partial charge in [-0.1, -0.05) is 36.4 Å². The molecule has 0 unspecified atom stereocenters. The molecule has 0 N–H and O–H groups in total. The van der Waals surface area contributed by atoms with Gasteiger partial charge in [0, 0.05) is 12.5 Å². The third kappa shape index (κ3) is 3.80. The van der Waals surface area contributed by atoms with E-state index in [1.807, 2.05) is 17.0 Å². The van der Waals surface area contributed by atoms with E-state index in [1.54, 1.807) is 0 Å². The van der Waals surface area contributed by atoms with Crippen LogP contribution in [-0.4, -0.2) is 53.3 Å². The van der Waals surface area contributed by atoms with Crippen LogP contribution in [0.4, 0.5) is 4.79 Å². The lowest BCUT2D eigenvalue weighted by Crippen LogP contribution is -2.65. The van der Waals surface area contributed by atoms with Gasteiger partial charge in [0.1, 0.15) is 11.9 Å². The summed E-state index contributed by atoms with van der Waals surface area (Å²) >= 11 is 0. The summed E-state index contributed by atoms with van der Waals surface area (Å²) in [6, 6.07) is 16.7. The third-order valence-electron chi connectivity index (χ3n) is 8.25. The number of ether oxygens (including phenoxy) is 2. The lowest BCUT2D eigenvalue weighted by Gasteiger charge is -2.55. The summed E-state index contributed by atoms with van der Waals surface area (Å²) in [4.78, 5) is 18.1. The van der Waals surface area contributed by atoms with Gasteiger partial charge in [0.2, 0.25) is 0 Å². The van der Waals surface area contributed by atoms with E-state index in [9.17, 15) is 4.79 Å². The summed E-state index contributed by atoms with van der Waals surface area (Å²) in [7, 11) is 0.